The molecule has 2 atom stereocenters. The molecule has 0 heterocycles. The van der Waals surface area contributed by atoms with Crippen LogP contribution in [0.5, 0.6) is 0 Å². The number of rotatable bonds is 6. The lowest BCUT2D eigenvalue weighted by atomic mass is 9.90. The molecule has 4 heteroatoms. The molecule has 0 amide bonds. The second-order valence-corrected chi connectivity index (χ2v) is 8.12. The van der Waals surface area contributed by atoms with Crippen LogP contribution >= 0.6 is 0 Å². The minimum absolute atomic E-state index is 0.600. The molecule has 1 rings (SSSR count). The minimum Gasteiger partial charge on any atom is -0.386 e. The molecule has 0 aromatic heterocycles. The molecular formula is C12H27NO2Si. The van der Waals surface area contributed by atoms with Gasteiger partial charge < -0.3 is 8.85 Å². The molecule has 1 fully saturated rings. The Labute approximate surface area is 101 Å². The first-order valence-electron chi connectivity index (χ1n) is 6.55. The predicted molar refractivity (Wildman–Crippen MR) is 69.4 cm³/mol. The Bertz CT molecular complexity index is 197. The van der Waals surface area contributed by atoms with Gasteiger partial charge in [0, 0.05) is 19.8 Å². The molecule has 0 saturated heterocycles. The maximum atomic E-state index is 5.80. The zero-order valence-electron chi connectivity index (χ0n) is 11.2. The summed E-state index contributed by atoms with van der Waals surface area (Å²) in [6.45, 7) is 5.52. The summed E-state index contributed by atoms with van der Waals surface area (Å²) < 4.78 is 11.6. The van der Waals surface area contributed by atoms with Crippen LogP contribution in [0.2, 0.25) is 5.54 Å². The SMILES string of the molecule is CCCN[Si](OC)(OC)C1CCCCC1C. The van der Waals surface area contributed by atoms with Crippen LogP contribution in [0.1, 0.15) is 46.0 Å². The van der Waals surface area contributed by atoms with Crippen molar-refractivity contribution in [2.24, 2.45) is 5.92 Å². The minimum atomic E-state index is -2.18. The van der Waals surface area contributed by atoms with Crippen LogP contribution in [0.25, 0.3) is 0 Å². The third-order valence-corrected chi connectivity index (χ3v) is 7.62. The molecule has 0 aromatic rings. The van der Waals surface area contributed by atoms with Crippen molar-refractivity contribution in [3.05, 3.63) is 0 Å². The van der Waals surface area contributed by atoms with E-state index in [0.29, 0.717) is 5.54 Å². The maximum Gasteiger partial charge on any atom is 0.428 e. The van der Waals surface area contributed by atoms with Crippen molar-refractivity contribution < 1.29 is 8.85 Å². The molecule has 0 aromatic carbocycles. The van der Waals surface area contributed by atoms with Crippen molar-refractivity contribution in [1.82, 2.24) is 4.98 Å². The van der Waals surface area contributed by atoms with Gasteiger partial charge in [0.15, 0.2) is 0 Å². The summed E-state index contributed by atoms with van der Waals surface area (Å²) >= 11 is 0. The van der Waals surface area contributed by atoms with Crippen LogP contribution in [-0.2, 0) is 8.85 Å². The maximum absolute atomic E-state index is 5.80. The number of nitrogens with one attached hydrogen (secondary N) is 1. The average molecular weight is 245 g/mol. The number of hydrogen-bond acceptors (Lipinski definition) is 3. The van der Waals surface area contributed by atoms with Crippen LogP contribution in [0.4, 0.5) is 0 Å². The summed E-state index contributed by atoms with van der Waals surface area (Å²) in [4.78, 5) is 3.58. The van der Waals surface area contributed by atoms with E-state index < -0.39 is 8.72 Å². The van der Waals surface area contributed by atoms with E-state index in [1.54, 1.807) is 14.2 Å². The van der Waals surface area contributed by atoms with E-state index in [2.05, 4.69) is 18.8 Å². The number of hydrogen-bond donors (Lipinski definition) is 1. The van der Waals surface area contributed by atoms with E-state index in [0.717, 1.165) is 18.9 Å². The first kappa shape index (κ1) is 14.2. The summed E-state index contributed by atoms with van der Waals surface area (Å²) in [6.07, 6.45) is 6.39. The van der Waals surface area contributed by atoms with Gasteiger partial charge in [-0.15, -0.1) is 0 Å². The Morgan fingerprint density at radius 1 is 1.19 bits per heavy atom. The predicted octanol–water partition coefficient (Wildman–Crippen LogP) is 2.80. The summed E-state index contributed by atoms with van der Waals surface area (Å²) in [5.74, 6) is 0.727. The van der Waals surface area contributed by atoms with Gasteiger partial charge in [0.2, 0.25) is 0 Å². The molecular weight excluding hydrogens is 218 g/mol. The van der Waals surface area contributed by atoms with E-state index in [-0.39, 0.29) is 0 Å². The Hall–Kier alpha value is 0.0969. The molecule has 1 aliphatic rings. The summed E-state index contributed by atoms with van der Waals surface area (Å²) in [6, 6.07) is 0. The molecule has 16 heavy (non-hydrogen) atoms. The van der Waals surface area contributed by atoms with E-state index in [9.17, 15) is 0 Å². The van der Waals surface area contributed by atoms with Crippen LogP contribution in [-0.4, -0.2) is 29.5 Å². The van der Waals surface area contributed by atoms with Gasteiger partial charge in [0.1, 0.15) is 0 Å². The van der Waals surface area contributed by atoms with Gasteiger partial charge >= 0.3 is 8.72 Å². The molecule has 0 bridgehead atoms. The van der Waals surface area contributed by atoms with Gasteiger partial charge in [-0.25, -0.2) is 0 Å². The van der Waals surface area contributed by atoms with Crippen LogP contribution < -0.4 is 4.98 Å². The highest BCUT2D eigenvalue weighted by molar-refractivity contribution is 6.66. The third-order valence-electron chi connectivity index (χ3n) is 3.83. The quantitative estimate of drug-likeness (QED) is 0.730. The zero-order valence-corrected chi connectivity index (χ0v) is 12.2. The van der Waals surface area contributed by atoms with Crippen LogP contribution in [0, 0.1) is 5.92 Å². The second-order valence-electron chi connectivity index (χ2n) is 4.87. The Morgan fingerprint density at radius 3 is 2.31 bits per heavy atom. The highest BCUT2D eigenvalue weighted by atomic mass is 28.4. The fourth-order valence-electron chi connectivity index (χ4n) is 2.84. The molecule has 1 aliphatic carbocycles. The van der Waals surface area contributed by atoms with Crippen molar-refractivity contribution in [3.8, 4) is 0 Å². The van der Waals surface area contributed by atoms with Crippen molar-refractivity contribution in [3.63, 3.8) is 0 Å². The highest BCUT2D eigenvalue weighted by Crippen LogP contribution is 2.40. The van der Waals surface area contributed by atoms with Gasteiger partial charge in [-0.05, 0) is 25.3 Å². The van der Waals surface area contributed by atoms with Gasteiger partial charge in [0.05, 0.1) is 0 Å². The van der Waals surface area contributed by atoms with Crippen LogP contribution in [0.15, 0.2) is 0 Å². The molecule has 2 unspecified atom stereocenters. The third kappa shape index (κ3) is 3.06. The lowest BCUT2D eigenvalue weighted by Gasteiger charge is -2.40. The lowest BCUT2D eigenvalue weighted by Crippen LogP contribution is -2.60. The largest absolute Gasteiger partial charge is 0.428 e. The lowest BCUT2D eigenvalue weighted by molar-refractivity contribution is 0.186. The summed E-state index contributed by atoms with van der Waals surface area (Å²) in [5.41, 5.74) is 0.600. The first-order chi connectivity index (χ1) is 7.70. The van der Waals surface area contributed by atoms with Crippen molar-refractivity contribution in [2.75, 3.05) is 20.8 Å². The standard InChI is InChI=1S/C12H27NO2Si/c1-5-10-13-16(14-3,15-4)12-9-7-6-8-11(12)2/h11-13H,5-10H2,1-4H3. The summed E-state index contributed by atoms with van der Waals surface area (Å²) in [7, 11) is 1.43. The molecule has 3 nitrogen and oxygen atoms in total. The fraction of sp³-hybridized carbons (Fsp3) is 1.00. The molecule has 0 spiro atoms. The smallest absolute Gasteiger partial charge is 0.386 e. The first-order valence-corrected chi connectivity index (χ1v) is 8.45. The highest BCUT2D eigenvalue weighted by Gasteiger charge is 2.48. The zero-order chi connectivity index (χ0) is 12.0. The van der Waals surface area contributed by atoms with Gasteiger partial charge in [-0.3, -0.25) is 4.98 Å². The van der Waals surface area contributed by atoms with E-state index in [1.165, 1.54) is 25.7 Å². The average Bonchev–Trinajstić information content (AvgIpc) is 2.33. The molecule has 96 valence electrons. The molecule has 1 saturated carbocycles. The van der Waals surface area contributed by atoms with Crippen LogP contribution in [0.3, 0.4) is 0 Å². The van der Waals surface area contributed by atoms with Gasteiger partial charge in [-0.1, -0.05) is 33.1 Å². The van der Waals surface area contributed by atoms with Crippen molar-refractivity contribution >= 4 is 8.72 Å². The Morgan fingerprint density at radius 2 is 1.81 bits per heavy atom. The van der Waals surface area contributed by atoms with E-state index in [4.69, 9.17) is 8.85 Å². The Kier molecular flexibility index (Phi) is 5.96. The van der Waals surface area contributed by atoms with Crippen molar-refractivity contribution in [2.45, 2.75) is 51.5 Å². The second kappa shape index (κ2) is 6.74. The monoisotopic (exact) mass is 245 g/mol. The normalized spacial score (nSPS) is 27.0. The fourth-order valence-corrected chi connectivity index (χ4v) is 6.26. The van der Waals surface area contributed by atoms with Gasteiger partial charge in [-0.2, -0.15) is 0 Å². The Balaban J connectivity index is 2.72. The topological polar surface area (TPSA) is 30.5 Å². The molecule has 0 radical (unpaired) electrons. The van der Waals surface area contributed by atoms with E-state index >= 15 is 0 Å². The molecule has 0 aliphatic heterocycles. The van der Waals surface area contributed by atoms with Gasteiger partial charge in [0.25, 0.3) is 0 Å². The van der Waals surface area contributed by atoms with E-state index in [1.807, 2.05) is 0 Å². The molecule has 1 N–H and O–H groups in total. The van der Waals surface area contributed by atoms with Crippen molar-refractivity contribution in [1.29, 1.82) is 0 Å². The summed E-state index contributed by atoms with van der Waals surface area (Å²) in [5, 5.41) is 0.